The molecule has 2 rings (SSSR count). The molecule has 1 fully saturated rings. The zero-order valence-electron chi connectivity index (χ0n) is 12.5. The van der Waals surface area contributed by atoms with E-state index in [2.05, 4.69) is 42.0 Å². The van der Waals surface area contributed by atoms with Crippen molar-refractivity contribution in [1.29, 1.82) is 0 Å². The zero-order valence-corrected chi connectivity index (χ0v) is 12.5. The van der Waals surface area contributed by atoms with Gasteiger partial charge in [-0.2, -0.15) is 0 Å². The molecule has 0 amide bonds. The van der Waals surface area contributed by atoms with E-state index in [0.29, 0.717) is 6.04 Å². The molecule has 1 N–H and O–H groups in total. The SMILES string of the molecule is CCCC1CCN(c2ncccc2C(C)NCC)C1. The second kappa shape index (κ2) is 6.90. The Morgan fingerprint density at radius 3 is 3.05 bits per heavy atom. The molecule has 0 aliphatic carbocycles. The van der Waals surface area contributed by atoms with Gasteiger partial charge in [0.05, 0.1) is 0 Å². The van der Waals surface area contributed by atoms with E-state index in [4.69, 9.17) is 0 Å². The summed E-state index contributed by atoms with van der Waals surface area (Å²) in [6.07, 6.45) is 5.88. The molecule has 0 bridgehead atoms. The van der Waals surface area contributed by atoms with Gasteiger partial charge in [0.15, 0.2) is 0 Å². The maximum absolute atomic E-state index is 4.64. The van der Waals surface area contributed by atoms with Crippen LogP contribution < -0.4 is 10.2 Å². The van der Waals surface area contributed by atoms with Gasteiger partial charge in [-0.05, 0) is 38.3 Å². The molecule has 2 heterocycles. The van der Waals surface area contributed by atoms with E-state index < -0.39 is 0 Å². The molecular formula is C16H27N3. The fourth-order valence-corrected chi connectivity index (χ4v) is 3.10. The molecule has 1 aromatic rings. The first-order valence-electron chi connectivity index (χ1n) is 7.69. The second-order valence-electron chi connectivity index (χ2n) is 5.58. The third-order valence-corrected chi connectivity index (χ3v) is 4.08. The number of hydrogen-bond acceptors (Lipinski definition) is 3. The lowest BCUT2D eigenvalue weighted by molar-refractivity contribution is 0.529. The quantitative estimate of drug-likeness (QED) is 0.851. The van der Waals surface area contributed by atoms with Crippen molar-refractivity contribution in [2.24, 2.45) is 5.92 Å². The van der Waals surface area contributed by atoms with Gasteiger partial charge in [0.1, 0.15) is 5.82 Å². The van der Waals surface area contributed by atoms with E-state index in [9.17, 15) is 0 Å². The van der Waals surface area contributed by atoms with Crippen LogP contribution in [0.3, 0.4) is 0 Å². The molecule has 19 heavy (non-hydrogen) atoms. The highest BCUT2D eigenvalue weighted by Crippen LogP contribution is 2.30. The van der Waals surface area contributed by atoms with Gasteiger partial charge in [-0.15, -0.1) is 0 Å². The van der Waals surface area contributed by atoms with E-state index in [1.165, 1.54) is 37.2 Å². The van der Waals surface area contributed by atoms with E-state index in [0.717, 1.165) is 19.0 Å². The van der Waals surface area contributed by atoms with Crippen molar-refractivity contribution in [3.05, 3.63) is 23.9 Å². The lowest BCUT2D eigenvalue weighted by Crippen LogP contribution is -2.26. The third-order valence-electron chi connectivity index (χ3n) is 4.08. The van der Waals surface area contributed by atoms with Gasteiger partial charge >= 0.3 is 0 Å². The Kier molecular flexibility index (Phi) is 5.20. The third kappa shape index (κ3) is 3.47. The van der Waals surface area contributed by atoms with Crippen LogP contribution in [0.15, 0.2) is 18.3 Å². The summed E-state index contributed by atoms with van der Waals surface area (Å²) in [7, 11) is 0. The van der Waals surface area contributed by atoms with Crippen LogP contribution in [0, 0.1) is 5.92 Å². The van der Waals surface area contributed by atoms with Crippen LogP contribution in [0.5, 0.6) is 0 Å². The largest absolute Gasteiger partial charge is 0.356 e. The van der Waals surface area contributed by atoms with E-state index in [1.807, 2.05) is 12.3 Å². The molecule has 1 aliphatic rings. The van der Waals surface area contributed by atoms with Gasteiger partial charge in [0.2, 0.25) is 0 Å². The minimum Gasteiger partial charge on any atom is -0.356 e. The van der Waals surface area contributed by atoms with Crippen molar-refractivity contribution in [2.75, 3.05) is 24.5 Å². The number of aromatic nitrogens is 1. The number of anilines is 1. The maximum atomic E-state index is 4.64. The van der Waals surface area contributed by atoms with Gasteiger partial charge in [0.25, 0.3) is 0 Å². The van der Waals surface area contributed by atoms with Crippen LogP contribution in [0.2, 0.25) is 0 Å². The Hall–Kier alpha value is -1.09. The summed E-state index contributed by atoms with van der Waals surface area (Å²) in [6.45, 7) is 9.99. The van der Waals surface area contributed by atoms with Crippen LogP contribution >= 0.6 is 0 Å². The maximum Gasteiger partial charge on any atom is 0.133 e. The molecule has 0 saturated carbocycles. The molecule has 0 spiro atoms. The van der Waals surface area contributed by atoms with Crippen LogP contribution in [0.4, 0.5) is 5.82 Å². The van der Waals surface area contributed by atoms with Crippen molar-refractivity contribution in [3.8, 4) is 0 Å². The van der Waals surface area contributed by atoms with Gasteiger partial charge in [-0.25, -0.2) is 4.98 Å². The van der Waals surface area contributed by atoms with Crippen molar-refractivity contribution in [1.82, 2.24) is 10.3 Å². The molecule has 3 nitrogen and oxygen atoms in total. The lowest BCUT2D eigenvalue weighted by atomic mass is 10.0. The summed E-state index contributed by atoms with van der Waals surface area (Å²) >= 11 is 0. The highest BCUT2D eigenvalue weighted by molar-refractivity contribution is 5.49. The Morgan fingerprint density at radius 1 is 1.47 bits per heavy atom. The van der Waals surface area contributed by atoms with Crippen molar-refractivity contribution < 1.29 is 0 Å². The average molecular weight is 261 g/mol. The summed E-state index contributed by atoms with van der Waals surface area (Å²) < 4.78 is 0. The second-order valence-corrected chi connectivity index (χ2v) is 5.58. The first-order chi connectivity index (χ1) is 9.26. The summed E-state index contributed by atoms with van der Waals surface area (Å²) in [4.78, 5) is 7.12. The van der Waals surface area contributed by atoms with Crippen LogP contribution in [-0.4, -0.2) is 24.6 Å². The molecule has 1 saturated heterocycles. The molecule has 1 aromatic heterocycles. The summed E-state index contributed by atoms with van der Waals surface area (Å²) in [5.74, 6) is 2.05. The minimum atomic E-state index is 0.374. The number of nitrogens with zero attached hydrogens (tertiary/aromatic N) is 2. The highest BCUT2D eigenvalue weighted by atomic mass is 15.2. The standard InChI is InChI=1S/C16H27N3/c1-4-7-14-9-11-19(12-14)16-15(8-6-10-18-16)13(3)17-5-2/h6,8,10,13-14,17H,4-5,7,9,11-12H2,1-3H3. The highest BCUT2D eigenvalue weighted by Gasteiger charge is 2.25. The average Bonchev–Trinajstić information content (AvgIpc) is 2.88. The minimum absolute atomic E-state index is 0.374. The van der Waals surface area contributed by atoms with Gasteiger partial charge in [-0.1, -0.05) is 26.3 Å². The Bertz CT molecular complexity index is 391. The van der Waals surface area contributed by atoms with Crippen LogP contribution in [0.25, 0.3) is 0 Å². The molecule has 2 unspecified atom stereocenters. The molecule has 1 aliphatic heterocycles. The number of nitrogens with one attached hydrogen (secondary N) is 1. The summed E-state index contributed by atoms with van der Waals surface area (Å²) in [5.41, 5.74) is 1.33. The Morgan fingerprint density at radius 2 is 2.32 bits per heavy atom. The van der Waals surface area contributed by atoms with Gasteiger partial charge in [0, 0.05) is 30.9 Å². The first kappa shape index (κ1) is 14.3. The Labute approximate surface area is 117 Å². The number of rotatable bonds is 6. The zero-order chi connectivity index (χ0) is 13.7. The number of hydrogen-bond donors (Lipinski definition) is 1. The van der Waals surface area contributed by atoms with E-state index >= 15 is 0 Å². The first-order valence-corrected chi connectivity index (χ1v) is 7.69. The monoisotopic (exact) mass is 261 g/mol. The Balaban J connectivity index is 2.12. The molecular weight excluding hydrogens is 234 g/mol. The molecule has 0 aromatic carbocycles. The summed E-state index contributed by atoms with van der Waals surface area (Å²) in [5, 5.41) is 3.50. The fourth-order valence-electron chi connectivity index (χ4n) is 3.10. The lowest BCUT2D eigenvalue weighted by Gasteiger charge is -2.24. The van der Waals surface area contributed by atoms with Gasteiger partial charge < -0.3 is 10.2 Å². The van der Waals surface area contributed by atoms with Crippen molar-refractivity contribution in [3.63, 3.8) is 0 Å². The molecule has 106 valence electrons. The summed E-state index contributed by atoms with van der Waals surface area (Å²) in [6, 6.07) is 4.63. The normalized spacial score (nSPS) is 20.8. The smallest absolute Gasteiger partial charge is 0.133 e. The van der Waals surface area contributed by atoms with Crippen molar-refractivity contribution >= 4 is 5.82 Å². The fraction of sp³-hybridized carbons (Fsp3) is 0.688. The predicted octanol–water partition coefficient (Wildman–Crippen LogP) is 3.38. The number of pyridine rings is 1. The topological polar surface area (TPSA) is 28.2 Å². The molecule has 2 atom stereocenters. The van der Waals surface area contributed by atoms with Crippen LogP contribution in [0.1, 0.15) is 51.6 Å². The van der Waals surface area contributed by atoms with Gasteiger partial charge in [-0.3, -0.25) is 0 Å². The van der Waals surface area contributed by atoms with Crippen LogP contribution in [-0.2, 0) is 0 Å². The van der Waals surface area contributed by atoms with Crippen molar-refractivity contribution in [2.45, 2.75) is 46.1 Å². The predicted molar refractivity (Wildman–Crippen MR) is 81.6 cm³/mol. The molecule has 0 radical (unpaired) electrons. The molecule has 3 heteroatoms. The van der Waals surface area contributed by atoms with E-state index in [1.54, 1.807) is 0 Å². The van der Waals surface area contributed by atoms with E-state index in [-0.39, 0.29) is 0 Å².